The number of aromatic nitrogens is 2. The van der Waals surface area contributed by atoms with Gasteiger partial charge in [0, 0.05) is 11.6 Å². The van der Waals surface area contributed by atoms with Crippen LogP contribution in [0.3, 0.4) is 0 Å². The van der Waals surface area contributed by atoms with Crippen LogP contribution >= 0.6 is 22.9 Å². The zero-order valence-corrected chi connectivity index (χ0v) is 18.1. The minimum atomic E-state index is -0.648. The lowest BCUT2D eigenvalue weighted by Gasteiger charge is -2.02. The molecule has 2 amide bonds. The summed E-state index contributed by atoms with van der Waals surface area (Å²) in [6.07, 6.45) is 1.36. The van der Waals surface area contributed by atoms with Crippen LogP contribution in [0.1, 0.15) is 20.9 Å². The van der Waals surface area contributed by atoms with Gasteiger partial charge in [-0.1, -0.05) is 22.9 Å². The summed E-state index contributed by atoms with van der Waals surface area (Å²) >= 11 is 6.82. The number of fused-ring (bicyclic) bond motifs is 1. The van der Waals surface area contributed by atoms with Crippen LogP contribution in [0.5, 0.6) is 11.5 Å². The number of nitro benzene ring substituents is 1. The van der Waals surface area contributed by atoms with Crippen molar-refractivity contribution in [1.29, 1.82) is 0 Å². The Morgan fingerprint density at radius 1 is 1.21 bits per heavy atom. The summed E-state index contributed by atoms with van der Waals surface area (Å²) in [5.41, 5.74) is 2.90. The van der Waals surface area contributed by atoms with E-state index in [0.29, 0.717) is 22.1 Å². The van der Waals surface area contributed by atoms with Gasteiger partial charge >= 0.3 is 0 Å². The topological polar surface area (TPSA) is 158 Å². The Bertz CT molecular complexity index is 1280. The molecule has 0 bridgehead atoms. The molecule has 33 heavy (non-hydrogen) atoms. The van der Waals surface area contributed by atoms with Gasteiger partial charge in [0.2, 0.25) is 17.8 Å². The fourth-order valence-electron chi connectivity index (χ4n) is 2.69. The molecule has 1 aliphatic rings. The fourth-order valence-corrected chi connectivity index (χ4v) is 3.67. The quantitative estimate of drug-likeness (QED) is 0.292. The van der Waals surface area contributed by atoms with Crippen LogP contribution in [0, 0.1) is 10.1 Å². The molecule has 0 fully saturated rings. The van der Waals surface area contributed by atoms with Gasteiger partial charge in [0.05, 0.1) is 17.6 Å². The maximum atomic E-state index is 12.3. The number of ether oxygens (including phenoxy) is 2. The summed E-state index contributed by atoms with van der Waals surface area (Å²) in [4.78, 5) is 34.6. The van der Waals surface area contributed by atoms with Crippen molar-refractivity contribution in [2.24, 2.45) is 5.10 Å². The van der Waals surface area contributed by atoms with E-state index in [4.69, 9.17) is 21.1 Å². The molecule has 4 rings (SSSR count). The number of amides is 2. The lowest BCUT2D eigenvalue weighted by atomic mass is 10.2. The van der Waals surface area contributed by atoms with Gasteiger partial charge in [-0.05, 0) is 35.9 Å². The third-order valence-corrected chi connectivity index (χ3v) is 5.35. The van der Waals surface area contributed by atoms with E-state index in [-0.39, 0.29) is 34.6 Å². The summed E-state index contributed by atoms with van der Waals surface area (Å²) in [7, 11) is 0. The summed E-state index contributed by atoms with van der Waals surface area (Å²) in [5, 5.41) is 25.2. The Kier molecular flexibility index (Phi) is 6.42. The SMILES string of the molecule is O=C(Cc1nnc(NC(=O)c2ccc([N+](=O)[O-])c(Cl)c2)s1)N/N=C\c1ccc2c(c1)OCO2. The van der Waals surface area contributed by atoms with Crippen LogP contribution < -0.4 is 20.2 Å². The molecule has 1 aromatic heterocycles. The van der Waals surface area contributed by atoms with E-state index in [1.54, 1.807) is 18.2 Å². The van der Waals surface area contributed by atoms with E-state index in [2.05, 4.69) is 26.0 Å². The van der Waals surface area contributed by atoms with Gasteiger partial charge in [-0.15, -0.1) is 10.2 Å². The van der Waals surface area contributed by atoms with Crippen molar-refractivity contribution in [2.75, 3.05) is 12.1 Å². The molecule has 2 N–H and O–H groups in total. The Morgan fingerprint density at radius 3 is 2.82 bits per heavy atom. The first kappa shape index (κ1) is 22.1. The number of carbonyl (C=O) groups excluding carboxylic acids is 2. The van der Waals surface area contributed by atoms with E-state index in [1.165, 1.54) is 18.3 Å². The molecule has 2 aromatic carbocycles. The van der Waals surface area contributed by atoms with Crippen LogP contribution in [-0.2, 0) is 11.2 Å². The first-order chi connectivity index (χ1) is 15.9. The number of anilines is 1. The maximum Gasteiger partial charge on any atom is 0.287 e. The monoisotopic (exact) mass is 488 g/mol. The van der Waals surface area contributed by atoms with E-state index in [9.17, 15) is 19.7 Å². The van der Waals surface area contributed by atoms with E-state index in [1.807, 2.05) is 0 Å². The van der Waals surface area contributed by atoms with Crippen molar-refractivity contribution in [2.45, 2.75) is 6.42 Å². The van der Waals surface area contributed by atoms with Crippen molar-refractivity contribution >= 4 is 51.8 Å². The highest BCUT2D eigenvalue weighted by Crippen LogP contribution is 2.32. The largest absolute Gasteiger partial charge is 0.454 e. The Hall–Kier alpha value is -4.10. The van der Waals surface area contributed by atoms with Gasteiger partial charge < -0.3 is 9.47 Å². The first-order valence-corrected chi connectivity index (χ1v) is 10.4. The smallest absolute Gasteiger partial charge is 0.287 e. The lowest BCUT2D eigenvalue weighted by Crippen LogP contribution is -2.19. The molecule has 0 atom stereocenters. The number of hydrogen-bond acceptors (Lipinski definition) is 10. The Labute approximate surface area is 194 Å². The number of hydrazone groups is 1. The van der Waals surface area contributed by atoms with Crippen molar-refractivity contribution in [1.82, 2.24) is 15.6 Å². The van der Waals surface area contributed by atoms with Gasteiger partial charge in [0.25, 0.3) is 11.6 Å². The van der Waals surface area contributed by atoms with Crippen LogP contribution in [0.15, 0.2) is 41.5 Å². The zero-order chi connectivity index (χ0) is 23.4. The molecule has 0 radical (unpaired) electrons. The van der Waals surface area contributed by atoms with E-state index < -0.39 is 16.7 Å². The highest BCUT2D eigenvalue weighted by atomic mass is 35.5. The second-order valence-corrected chi connectivity index (χ2v) is 7.93. The van der Waals surface area contributed by atoms with Gasteiger partial charge in [-0.3, -0.25) is 25.0 Å². The average Bonchev–Trinajstić information content (AvgIpc) is 3.42. The van der Waals surface area contributed by atoms with E-state index >= 15 is 0 Å². The predicted molar refractivity (Wildman–Crippen MR) is 118 cm³/mol. The minimum Gasteiger partial charge on any atom is -0.454 e. The van der Waals surface area contributed by atoms with Crippen molar-refractivity contribution in [3.05, 3.63) is 67.7 Å². The van der Waals surface area contributed by atoms with Crippen LogP contribution in [-0.4, -0.2) is 39.9 Å². The minimum absolute atomic E-state index is 0.102. The highest BCUT2D eigenvalue weighted by Gasteiger charge is 2.17. The second-order valence-electron chi connectivity index (χ2n) is 6.46. The van der Waals surface area contributed by atoms with Gasteiger partial charge in [-0.2, -0.15) is 5.10 Å². The molecule has 3 aromatic rings. The third kappa shape index (κ3) is 5.39. The third-order valence-electron chi connectivity index (χ3n) is 4.21. The number of rotatable bonds is 7. The molecule has 12 nitrogen and oxygen atoms in total. The molecule has 0 saturated heterocycles. The number of carbonyl (C=O) groups is 2. The maximum absolute atomic E-state index is 12.3. The zero-order valence-electron chi connectivity index (χ0n) is 16.5. The van der Waals surface area contributed by atoms with Crippen molar-refractivity contribution < 1.29 is 24.0 Å². The molecule has 14 heteroatoms. The van der Waals surface area contributed by atoms with Crippen molar-refractivity contribution in [3.8, 4) is 11.5 Å². The lowest BCUT2D eigenvalue weighted by molar-refractivity contribution is -0.384. The van der Waals surface area contributed by atoms with Crippen LogP contribution in [0.25, 0.3) is 0 Å². The Morgan fingerprint density at radius 2 is 2.03 bits per heavy atom. The number of hydrogen-bond donors (Lipinski definition) is 2. The molecule has 168 valence electrons. The summed E-state index contributed by atoms with van der Waals surface area (Å²) < 4.78 is 10.5. The van der Waals surface area contributed by atoms with Gasteiger partial charge in [-0.25, -0.2) is 5.43 Å². The van der Waals surface area contributed by atoms with Gasteiger partial charge in [0.15, 0.2) is 11.5 Å². The molecule has 0 unspecified atom stereocenters. The van der Waals surface area contributed by atoms with E-state index in [0.717, 1.165) is 17.4 Å². The normalized spacial score (nSPS) is 12.0. The molecule has 0 spiro atoms. The summed E-state index contributed by atoms with van der Waals surface area (Å²) in [6.45, 7) is 0.165. The van der Waals surface area contributed by atoms with Crippen LogP contribution in [0.4, 0.5) is 10.8 Å². The number of nitrogens with one attached hydrogen (secondary N) is 2. The highest BCUT2D eigenvalue weighted by molar-refractivity contribution is 7.15. The molecule has 0 saturated carbocycles. The molecular weight excluding hydrogens is 476 g/mol. The number of nitrogens with zero attached hydrogens (tertiary/aromatic N) is 4. The second kappa shape index (κ2) is 9.58. The first-order valence-electron chi connectivity index (χ1n) is 9.18. The predicted octanol–water partition coefficient (Wildman–Crippen LogP) is 2.77. The Balaban J connectivity index is 1.30. The average molecular weight is 489 g/mol. The number of benzene rings is 2. The molecule has 2 heterocycles. The summed E-state index contributed by atoms with van der Waals surface area (Å²) in [6, 6.07) is 8.83. The number of nitro groups is 1. The van der Waals surface area contributed by atoms with Gasteiger partial charge in [0.1, 0.15) is 10.0 Å². The fraction of sp³-hybridized carbons (Fsp3) is 0.105. The molecule has 0 aliphatic carbocycles. The summed E-state index contributed by atoms with van der Waals surface area (Å²) in [5.74, 6) is 0.243. The molecular formula is C19H13ClN6O6S. The van der Waals surface area contributed by atoms with Crippen LogP contribution in [0.2, 0.25) is 5.02 Å². The molecule has 1 aliphatic heterocycles. The van der Waals surface area contributed by atoms with Crippen molar-refractivity contribution in [3.63, 3.8) is 0 Å². The standard InChI is InChI=1S/C19H13ClN6O6S/c20-12-6-11(2-3-13(12)26(29)30)18(28)22-19-25-24-17(33-19)7-16(27)23-21-8-10-1-4-14-15(5-10)32-9-31-14/h1-6,8H,7,9H2,(H,23,27)(H,22,25,28)/b21-8-. The number of halogens is 1.